The fourth-order valence-corrected chi connectivity index (χ4v) is 1.87. The molecule has 1 aromatic heterocycles. The number of hydrogen-bond donors (Lipinski definition) is 0. The first-order chi connectivity index (χ1) is 7.80. The maximum Gasteiger partial charge on any atom is 0.106 e. The first-order valence-electron chi connectivity index (χ1n) is 5.36. The smallest absolute Gasteiger partial charge is 0.106 e. The molecule has 0 N–H and O–H groups in total. The molecule has 0 amide bonds. The Morgan fingerprint density at radius 1 is 1.47 bits per heavy atom. The molecule has 0 aliphatic heterocycles. The summed E-state index contributed by atoms with van der Waals surface area (Å²) in [5.74, 6) is 0. The third-order valence-corrected chi connectivity index (χ3v) is 4.21. The lowest BCUT2D eigenvalue weighted by molar-refractivity contribution is 0.658. The molecule has 0 saturated heterocycles. The van der Waals surface area contributed by atoms with E-state index in [1.54, 1.807) is 6.20 Å². The van der Waals surface area contributed by atoms with Crippen molar-refractivity contribution in [3.63, 3.8) is 0 Å². The number of nitrogens with zero attached hydrogens (tertiary/aromatic N) is 2. The SMILES string of the molecule is C[C@H](N=CS(=O)C(C)(C)C)c1ccc(Br)nc1. The highest BCUT2D eigenvalue weighted by atomic mass is 79.9. The molecule has 2 atom stereocenters. The molecule has 0 aliphatic carbocycles. The fourth-order valence-electron chi connectivity index (χ4n) is 1.03. The van der Waals surface area contributed by atoms with Crippen LogP contribution in [0.4, 0.5) is 0 Å². The van der Waals surface area contributed by atoms with E-state index in [0.717, 1.165) is 10.2 Å². The summed E-state index contributed by atoms with van der Waals surface area (Å²) in [4.78, 5) is 8.45. The molecular formula is C12H17BrN2OS. The summed E-state index contributed by atoms with van der Waals surface area (Å²) < 4.78 is 12.3. The predicted molar refractivity (Wildman–Crippen MR) is 76.7 cm³/mol. The van der Waals surface area contributed by atoms with Crippen LogP contribution in [0.15, 0.2) is 27.9 Å². The average molecular weight is 317 g/mol. The third kappa shape index (κ3) is 4.68. The summed E-state index contributed by atoms with van der Waals surface area (Å²) in [5, 5.41) is 0. The Kier molecular flexibility index (Phi) is 5.01. The van der Waals surface area contributed by atoms with Gasteiger partial charge in [0, 0.05) is 10.9 Å². The van der Waals surface area contributed by atoms with Gasteiger partial charge in [-0.25, -0.2) is 4.98 Å². The predicted octanol–water partition coefficient (Wildman–Crippen LogP) is 3.48. The van der Waals surface area contributed by atoms with Gasteiger partial charge in [0.15, 0.2) is 0 Å². The largest absolute Gasteiger partial charge is 0.276 e. The van der Waals surface area contributed by atoms with Crippen molar-refractivity contribution < 1.29 is 4.21 Å². The Labute approximate surface area is 113 Å². The van der Waals surface area contributed by atoms with Crippen molar-refractivity contribution in [1.82, 2.24) is 4.98 Å². The Morgan fingerprint density at radius 3 is 2.59 bits per heavy atom. The van der Waals surface area contributed by atoms with Gasteiger partial charge in [0.05, 0.1) is 22.4 Å². The maximum atomic E-state index is 11.8. The van der Waals surface area contributed by atoms with Crippen LogP contribution in [-0.2, 0) is 10.8 Å². The van der Waals surface area contributed by atoms with E-state index in [-0.39, 0.29) is 10.8 Å². The lowest BCUT2D eigenvalue weighted by Gasteiger charge is -2.14. The van der Waals surface area contributed by atoms with Crippen LogP contribution in [0.2, 0.25) is 0 Å². The van der Waals surface area contributed by atoms with Gasteiger partial charge in [0.25, 0.3) is 0 Å². The molecule has 3 nitrogen and oxygen atoms in total. The Balaban J connectivity index is 2.73. The van der Waals surface area contributed by atoms with Crippen LogP contribution in [0.25, 0.3) is 0 Å². The summed E-state index contributed by atoms with van der Waals surface area (Å²) in [5.41, 5.74) is 2.54. The monoisotopic (exact) mass is 316 g/mol. The van der Waals surface area contributed by atoms with Crippen LogP contribution in [0, 0.1) is 0 Å². The minimum atomic E-state index is -1.06. The standard InChI is InChI=1S/C12H17BrN2OS/c1-9(10-5-6-11(13)14-7-10)15-8-17(16)12(2,3)4/h5-9H,1-4H3/t9-,17?/m0/s1. The van der Waals surface area contributed by atoms with Gasteiger partial charge in [-0.15, -0.1) is 0 Å². The van der Waals surface area contributed by atoms with Crippen LogP contribution in [0.3, 0.4) is 0 Å². The molecule has 0 aliphatic rings. The molecule has 0 radical (unpaired) electrons. The summed E-state index contributed by atoms with van der Waals surface area (Å²) in [6.45, 7) is 7.75. The zero-order valence-electron chi connectivity index (χ0n) is 10.5. The van der Waals surface area contributed by atoms with Gasteiger partial charge in [-0.3, -0.25) is 9.20 Å². The molecule has 1 aromatic rings. The van der Waals surface area contributed by atoms with Crippen LogP contribution in [-0.4, -0.2) is 19.5 Å². The number of pyridine rings is 1. The molecule has 94 valence electrons. The Hall–Kier alpha value is -0.550. The summed E-state index contributed by atoms with van der Waals surface area (Å²) in [7, 11) is -1.06. The van der Waals surface area contributed by atoms with Crippen molar-refractivity contribution in [3.05, 3.63) is 28.5 Å². The zero-order valence-corrected chi connectivity index (χ0v) is 12.9. The molecule has 0 saturated carbocycles. The average Bonchev–Trinajstić information content (AvgIpc) is 2.25. The number of hydrogen-bond acceptors (Lipinski definition) is 3. The first-order valence-corrected chi connectivity index (χ1v) is 7.37. The van der Waals surface area contributed by atoms with Crippen molar-refractivity contribution in [2.24, 2.45) is 4.99 Å². The van der Waals surface area contributed by atoms with E-state index in [1.807, 2.05) is 39.8 Å². The van der Waals surface area contributed by atoms with Crippen molar-refractivity contribution in [3.8, 4) is 0 Å². The molecule has 0 bridgehead atoms. The van der Waals surface area contributed by atoms with E-state index in [2.05, 4.69) is 25.9 Å². The lowest BCUT2D eigenvalue weighted by atomic mass is 10.2. The van der Waals surface area contributed by atoms with Crippen LogP contribution in [0.5, 0.6) is 0 Å². The van der Waals surface area contributed by atoms with Gasteiger partial charge < -0.3 is 0 Å². The van der Waals surface area contributed by atoms with E-state index in [1.165, 1.54) is 5.55 Å². The van der Waals surface area contributed by atoms with E-state index in [9.17, 15) is 4.21 Å². The highest BCUT2D eigenvalue weighted by Gasteiger charge is 2.17. The minimum Gasteiger partial charge on any atom is -0.276 e. The summed E-state index contributed by atoms with van der Waals surface area (Å²) in [6, 6.07) is 3.81. The van der Waals surface area contributed by atoms with Crippen LogP contribution >= 0.6 is 15.9 Å². The van der Waals surface area contributed by atoms with Crippen molar-refractivity contribution >= 4 is 32.3 Å². The van der Waals surface area contributed by atoms with Crippen LogP contribution < -0.4 is 0 Å². The molecule has 1 unspecified atom stereocenters. The van der Waals surface area contributed by atoms with E-state index >= 15 is 0 Å². The second kappa shape index (κ2) is 5.87. The molecular weight excluding hydrogens is 300 g/mol. The second-order valence-corrected chi connectivity index (χ2v) is 7.60. The normalized spacial score (nSPS) is 16.1. The van der Waals surface area contributed by atoms with Gasteiger partial charge in [0.1, 0.15) is 4.60 Å². The quantitative estimate of drug-likeness (QED) is 0.486. The van der Waals surface area contributed by atoms with E-state index in [4.69, 9.17) is 0 Å². The first kappa shape index (κ1) is 14.5. The second-order valence-electron chi connectivity index (χ2n) is 4.75. The number of halogens is 1. The van der Waals surface area contributed by atoms with E-state index < -0.39 is 10.8 Å². The van der Waals surface area contributed by atoms with Gasteiger partial charge >= 0.3 is 0 Å². The fraction of sp³-hybridized carbons (Fsp3) is 0.500. The maximum absolute atomic E-state index is 11.8. The highest BCUT2D eigenvalue weighted by molar-refractivity contribution is 9.10. The van der Waals surface area contributed by atoms with Crippen LogP contribution in [0.1, 0.15) is 39.3 Å². The molecule has 1 heterocycles. The van der Waals surface area contributed by atoms with Gasteiger partial charge in [-0.05, 0) is 55.3 Å². The van der Waals surface area contributed by atoms with Gasteiger partial charge in [-0.1, -0.05) is 6.07 Å². The molecule has 0 fully saturated rings. The zero-order chi connectivity index (χ0) is 13.1. The molecule has 0 aromatic carbocycles. The highest BCUT2D eigenvalue weighted by Crippen LogP contribution is 2.18. The third-order valence-electron chi connectivity index (χ3n) is 2.22. The van der Waals surface area contributed by atoms with Gasteiger partial charge in [-0.2, -0.15) is 0 Å². The Bertz CT molecular complexity index is 423. The molecule has 1 rings (SSSR count). The topological polar surface area (TPSA) is 42.3 Å². The van der Waals surface area contributed by atoms with Gasteiger partial charge in [0.2, 0.25) is 0 Å². The Morgan fingerprint density at radius 2 is 2.12 bits per heavy atom. The van der Waals surface area contributed by atoms with E-state index in [0.29, 0.717) is 0 Å². The number of aliphatic imine (C=N–C) groups is 1. The van der Waals surface area contributed by atoms with Crippen molar-refractivity contribution in [1.29, 1.82) is 0 Å². The molecule has 17 heavy (non-hydrogen) atoms. The molecule has 0 spiro atoms. The number of aromatic nitrogens is 1. The number of rotatable bonds is 3. The van der Waals surface area contributed by atoms with Crippen molar-refractivity contribution in [2.75, 3.05) is 0 Å². The molecule has 5 heteroatoms. The minimum absolute atomic E-state index is 0.0260. The summed E-state index contributed by atoms with van der Waals surface area (Å²) in [6.07, 6.45) is 1.77. The lowest BCUT2D eigenvalue weighted by Crippen LogP contribution is -2.22. The van der Waals surface area contributed by atoms with Crippen molar-refractivity contribution in [2.45, 2.75) is 38.5 Å². The summed E-state index contributed by atoms with van der Waals surface area (Å²) >= 11 is 3.28.